The molecule has 0 unspecified atom stereocenters. The number of halogens is 2. The van der Waals surface area contributed by atoms with Crippen molar-refractivity contribution in [2.75, 3.05) is 0 Å². The lowest BCUT2D eigenvalue weighted by atomic mass is 10.1. The second kappa shape index (κ2) is 4.35. The van der Waals surface area contributed by atoms with Crippen molar-refractivity contribution >= 4 is 40.3 Å². The number of ketones is 1. The van der Waals surface area contributed by atoms with Gasteiger partial charge in [-0.05, 0) is 29.6 Å². The molecule has 1 heterocycles. The molecule has 2 aromatic rings. The van der Waals surface area contributed by atoms with Crippen LogP contribution in [-0.4, -0.2) is 5.78 Å². The Hall–Kier alpha value is -0.830. The zero-order valence-corrected chi connectivity index (χ0v) is 9.86. The van der Waals surface area contributed by atoms with E-state index in [-0.39, 0.29) is 5.78 Å². The standard InChI is InChI=1S/C11H6Cl2OS/c12-9-3-8(4-10(13)5-9)11(14)7-1-2-15-6-7/h1-6H. The average molecular weight is 257 g/mol. The molecule has 0 atom stereocenters. The Morgan fingerprint density at radius 2 is 1.73 bits per heavy atom. The minimum Gasteiger partial charge on any atom is -0.289 e. The van der Waals surface area contributed by atoms with Crippen LogP contribution < -0.4 is 0 Å². The molecule has 2 rings (SSSR count). The fraction of sp³-hybridized carbons (Fsp3) is 0. The van der Waals surface area contributed by atoms with Gasteiger partial charge in [0.05, 0.1) is 0 Å². The van der Waals surface area contributed by atoms with E-state index in [0.717, 1.165) is 0 Å². The van der Waals surface area contributed by atoms with Crippen LogP contribution in [0.15, 0.2) is 35.0 Å². The minimum atomic E-state index is -0.0550. The van der Waals surface area contributed by atoms with Gasteiger partial charge in [0.15, 0.2) is 5.78 Å². The Morgan fingerprint density at radius 3 is 2.27 bits per heavy atom. The third kappa shape index (κ3) is 2.40. The molecule has 0 radical (unpaired) electrons. The van der Waals surface area contributed by atoms with E-state index < -0.39 is 0 Å². The van der Waals surface area contributed by atoms with Crippen molar-refractivity contribution in [3.63, 3.8) is 0 Å². The highest BCUT2D eigenvalue weighted by molar-refractivity contribution is 7.08. The van der Waals surface area contributed by atoms with Crippen molar-refractivity contribution in [3.05, 3.63) is 56.2 Å². The first-order valence-corrected chi connectivity index (χ1v) is 5.89. The summed E-state index contributed by atoms with van der Waals surface area (Å²) in [5.74, 6) is -0.0550. The second-order valence-corrected chi connectivity index (χ2v) is 4.65. The predicted molar refractivity (Wildman–Crippen MR) is 64.2 cm³/mol. The summed E-state index contributed by atoms with van der Waals surface area (Å²) in [5.41, 5.74) is 1.18. The first-order valence-electron chi connectivity index (χ1n) is 4.20. The number of hydrogen-bond acceptors (Lipinski definition) is 2. The van der Waals surface area contributed by atoms with E-state index >= 15 is 0 Å². The molecule has 0 saturated carbocycles. The van der Waals surface area contributed by atoms with Crippen molar-refractivity contribution < 1.29 is 4.79 Å². The molecule has 0 aliphatic rings. The molecule has 0 aliphatic heterocycles. The normalized spacial score (nSPS) is 10.3. The highest BCUT2D eigenvalue weighted by atomic mass is 35.5. The van der Waals surface area contributed by atoms with Gasteiger partial charge in [0, 0.05) is 26.6 Å². The SMILES string of the molecule is O=C(c1ccsc1)c1cc(Cl)cc(Cl)c1. The van der Waals surface area contributed by atoms with Gasteiger partial charge in [0.2, 0.25) is 0 Å². The fourth-order valence-corrected chi connectivity index (χ4v) is 2.41. The Kier molecular flexibility index (Phi) is 3.10. The third-order valence-corrected chi connectivity index (χ3v) is 3.03. The van der Waals surface area contributed by atoms with Crippen LogP contribution in [0.4, 0.5) is 0 Å². The first-order chi connectivity index (χ1) is 7.16. The van der Waals surface area contributed by atoms with Gasteiger partial charge in [-0.25, -0.2) is 0 Å². The van der Waals surface area contributed by atoms with E-state index in [1.807, 2.05) is 5.38 Å². The average Bonchev–Trinajstić information content (AvgIpc) is 2.67. The summed E-state index contributed by atoms with van der Waals surface area (Å²) in [6, 6.07) is 6.62. The largest absolute Gasteiger partial charge is 0.289 e. The fourth-order valence-electron chi connectivity index (χ4n) is 1.25. The Morgan fingerprint density at radius 1 is 1.07 bits per heavy atom. The van der Waals surface area contributed by atoms with Crippen LogP contribution in [0.1, 0.15) is 15.9 Å². The molecule has 76 valence electrons. The summed E-state index contributed by atoms with van der Waals surface area (Å²) in [5, 5.41) is 4.61. The van der Waals surface area contributed by atoms with Gasteiger partial charge in [0.25, 0.3) is 0 Å². The van der Waals surface area contributed by atoms with Crippen molar-refractivity contribution in [1.82, 2.24) is 0 Å². The van der Waals surface area contributed by atoms with Crippen molar-refractivity contribution in [2.45, 2.75) is 0 Å². The smallest absolute Gasteiger partial charge is 0.193 e. The lowest BCUT2D eigenvalue weighted by molar-refractivity contribution is 0.103. The molecular formula is C11H6Cl2OS. The number of hydrogen-bond donors (Lipinski definition) is 0. The van der Waals surface area contributed by atoms with Crippen LogP contribution in [0.5, 0.6) is 0 Å². The lowest BCUT2D eigenvalue weighted by Gasteiger charge is -2.00. The first kappa shape index (κ1) is 10.7. The Balaban J connectivity index is 2.42. The number of benzene rings is 1. The van der Waals surface area contributed by atoms with Crippen molar-refractivity contribution in [2.24, 2.45) is 0 Å². The molecule has 0 N–H and O–H groups in total. The molecule has 0 spiro atoms. The number of carbonyl (C=O) groups excluding carboxylic acids is 1. The maximum Gasteiger partial charge on any atom is 0.193 e. The quantitative estimate of drug-likeness (QED) is 0.733. The molecular weight excluding hydrogens is 251 g/mol. The summed E-state index contributed by atoms with van der Waals surface area (Å²) in [7, 11) is 0. The van der Waals surface area contributed by atoms with Gasteiger partial charge < -0.3 is 0 Å². The highest BCUT2D eigenvalue weighted by Gasteiger charge is 2.10. The van der Waals surface area contributed by atoms with Crippen LogP contribution >= 0.6 is 34.5 Å². The topological polar surface area (TPSA) is 17.1 Å². The summed E-state index contributed by atoms with van der Waals surface area (Å²) >= 11 is 13.1. The molecule has 4 heteroatoms. The summed E-state index contributed by atoms with van der Waals surface area (Å²) in [6.07, 6.45) is 0. The van der Waals surface area contributed by atoms with Crippen molar-refractivity contribution in [3.8, 4) is 0 Å². The van der Waals surface area contributed by atoms with Crippen LogP contribution in [-0.2, 0) is 0 Å². The summed E-state index contributed by atoms with van der Waals surface area (Å²) in [6.45, 7) is 0. The zero-order valence-electron chi connectivity index (χ0n) is 7.54. The van der Waals surface area contributed by atoms with Crippen LogP contribution in [0, 0.1) is 0 Å². The molecule has 0 aliphatic carbocycles. The molecule has 15 heavy (non-hydrogen) atoms. The van der Waals surface area contributed by atoms with E-state index in [0.29, 0.717) is 21.2 Å². The van der Waals surface area contributed by atoms with Crippen LogP contribution in [0.3, 0.4) is 0 Å². The van der Waals surface area contributed by atoms with Crippen molar-refractivity contribution in [1.29, 1.82) is 0 Å². The summed E-state index contributed by atoms with van der Waals surface area (Å²) < 4.78 is 0. The minimum absolute atomic E-state index is 0.0550. The Labute approximate surface area is 101 Å². The molecule has 0 saturated heterocycles. The monoisotopic (exact) mass is 256 g/mol. The number of thiophene rings is 1. The van der Waals surface area contributed by atoms with Gasteiger partial charge in [-0.3, -0.25) is 4.79 Å². The van der Waals surface area contributed by atoms with E-state index in [1.165, 1.54) is 11.3 Å². The van der Waals surface area contributed by atoms with Gasteiger partial charge in [-0.1, -0.05) is 23.2 Å². The second-order valence-electron chi connectivity index (χ2n) is 3.00. The molecule has 1 nitrogen and oxygen atoms in total. The molecule has 0 fully saturated rings. The van der Waals surface area contributed by atoms with Gasteiger partial charge in [0.1, 0.15) is 0 Å². The molecule has 0 bridgehead atoms. The highest BCUT2D eigenvalue weighted by Crippen LogP contribution is 2.21. The molecule has 1 aromatic heterocycles. The number of carbonyl (C=O) groups is 1. The zero-order chi connectivity index (χ0) is 10.8. The predicted octanol–water partition coefficient (Wildman–Crippen LogP) is 4.29. The molecule has 0 amide bonds. The third-order valence-electron chi connectivity index (χ3n) is 1.91. The van der Waals surface area contributed by atoms with Crippen LogP contribution in [0.25, 0.3) is 0 Å². The van der Waals surface area contributed by atoms with E-state index in [4.69, 9.17) is 23.2 Å². The van der Waals surface area contributed by atoms with Gasteiger partial charge >= 0.3 is 0 Å². The van der Waals surface area contributed by atoms with E-state index in [1.54, 1.807) is 29.6 Å². The Bertz CT molecular complexity index is 471. The lowest BCUT2D eigenvalue weighted by Crippen LogP contribution is -1.99. The molecule has 1 aromatic carbocycles. The number of rotatable bonds is 2. The van der Waals surface area contributed by atoms with E-state index in [2.05, 4.69) is 0 Å². The van der Waals surface area contributed by atoms with Crippen LogP contribution in [0.2, 0.25) is 10.0 Å². The van der Waals surface area contributed by atoms with E-state index in [9.17, 15) is 4.79 Å². The van der Waals surface area contributed by atoms with Gasteiger partial charge in [-0.15, -0.1) is 0 Å². The maximum atomic E-state index is 11.9. The summed E-state index contributed by atoms with van der Waals surface area (Å²) in [4.78, 5) is 11.9. The maximum absolute atomic E-state index is 11.9. The van der Waals surface area contributed by atoms with Gasteiger partial charge in [-0.2, -0.15) is 11.3 Å².